The molecule has 0 radical (unpaired) electrons. The highest BCUT2D eigenvalue weighted by molar-refractivity contribution is 5.87. The molecule has 1 aromatic carbocycles. The van der Waals surface area contributed by atoms with Crippen LogP contribution in [0.5, 0.6) is 0 Å². The molecule has 3 nitrogen and oxygen atoms in total. The number of carbonyl (C=O) groups excluding carboxylic acids is 1. The van der Waals surface area contributed by atoms with E-state index >= 15 is 0 Å². The summed E-state index contributed by atoms with van der Waals surface area (Å²) in [5.74, 6) is 0.955. The monoisotopic (exact) mass is 336 g/mol. The fraction of sp³-hybridized carbons (Fsp3) is 0.632. The van der Waals surface area contributed by atoms with Crippen LogP contribution in [0.3, 0.4) is 0 Å². The fourth-order valence-electron chi connectivity index (χ4n) is 3.64. The van der Waals surface area contributed by atoms with Crippen LogP contribution in [0.15, 0.2) is 24.3 Å². The lowest BCUT2D eigenvalue weighted by molar-refractivity contribution is -0.141. The fourth-order valence-corrected chi connectivity index (χ4v) is 3.64. The molecule has 128 valence electrons. The predicted octanol–water partition coefficient (Wildman–Crippen LogP) is 3.47. The third kappa shape index (κ3) is 4.27. The molecule has 0 spiro atoms. The van der Waals surface area contributed by atoms with Crippen molar-refractivity contribution in [3.05, 3.63) is 35.4 Å². The lowest BCUT2D eigenvalue weighted by Gasteiger charge is -2.42. The molecule has 0 bridgehead atoms. The zero-order valence-corrected chi connectivity index (χ0v) is 14.9. The number of piperidine rings is 1. The number of rotatable bonds is 4. The van der Waals surface area contributed by atoms with Crippen LogP contribution >= 0.6 is 12.4 Å². The summed E-state index contributed by atoms with van der Waals surface area (Å²) in [4.78, 5) is 14.4. The standard InChI is InChI=1S/C19H28N2O.ClH/c1-15-3-5-16(6-4-15)7-8-17-9-13-21(14-10-17)18(22)19(20)11-2-12-19;/h3-6,17H,2,7-14,20H2,1H3;1H. The van der Waals surface area contributed by atoms with Gasteiger partial charge in [0.25, 0.3) is 0 Å². The summed E-state index contributed by atoms with van der Waals surface area (Å²) in [6.45, 7) is 3.93. The smallest absolute Gasteiger partial charge is 0.242 e. The minimum atomic E-state index is -0.519. The van der Waals surface area contributed by atoms with E-state index in [0.717, 1.165) is 57.5 Å². The van der Waals surface area contributed by atoms with E-state index in [1.807, 2.05) is 4.90 Å². The molecule has 3 rings (SSSR count). The Morgan fingerprint density at radius 2 is 1.83 bits per heavy atom. The highest BCUT2D eigenvalue weighted by Crippen LogP contribution is 2.32. The van der Waals surface area contributed by atoms with Crippen LogP contribution in [0, 0.1) is 12.8 Å². The van der Waals surface area contributed by atoms with E-state index in [2.05, 4.69) is 31.2 Å². The molecule has 1 aromatic rings. The molecule has 2 fully saturated rings. The second-order valence-corrected chi connectivity index (χ2v) is 7.27. The SMILES string of the molecule is Cc1ccc(CCC2CCN(C(=O)C3(N)CCC3)CC2)cc1.Cl. The van der Waals surface area contributed by atoms with Gasteiger partial charge in [-0.25, -0.2) is 0 Å². The number of aryl methyl sites for hydroxylation is 2. The molecule has 1 amide bonds. The third-order valence-corrected chi connectivity index (χ3v) is 5.54. The zero-order valence-electron chi connectivity index (χ0n) is 14.1. The van der Waals surface area contributed by atoms with Gasteiger partial charge < -0.3 is 10.6 Å². The Kier molecular flexibility index (Phi) is 6.10. The Balaban J connectivity index is 0.00000192. The molecule has 1 aliphatic heterocycles. The molecule has 1 saturated heterocycles. The first-order valence-corrected chi connectivity index (χ1v) is 8.71. The van der Waals surface area contributed by atoms with Crippen LogP contribution in [0.1, 0.15) is 49.7 Å². The van der Waals surface area contributed by atoms with Gasteiger partial charge in [0.2, 0.25) is 5.91 Å². The van der Waals surface area contributed by atoms with E-state index < -0.39 is 5.54 Å². The third-order valence-electron chi connectivity index (χ3n) is 5.54. The van der Waals surface area contributed by atoms with Crippen LogP contribution in [-0.4, -0.2) is 29.4 Å². The molecule has 2 aliphatic rings. The second kappa shape index (κ2) is 7.67. The summed E-state index contributed by atoms with van der Waals surface area (Å²) >= 11 is 0. The molecule has 0 aromatic heterocycles. The largest absolute Gasteiger partial charge is 0.341 e. The first-order chi connectivity index (χ1) is 10.6. The van der Waals surface area contributed by atoms with Crippen LogP contribution < -0.4 is 5.73 Å². The minimum absolute atomic E-state index is 0. The van der Waals surface area contributed by atoms with E-state index in [1.165, 1.54) is 17.5 Å². The molecular formula is C19H29ClN2O. The summed E-state index contributed by atoms with van der Waals surface area (Å²) in [6, 6.07) is 8.86. The van der Waals surface area contributed by atoms with E-state index in [9.17, 15) is 4.79 Å². The van der Waals surface area contributed by atoms with Crippen molar-refractivity contribution in [2.75, 3.05) is 13.1 Å². The summed E-state index contributed by atoms with van der Waals surface area (Å²) < 4.78 is 0. The summed E-state index contributed by atoms with van der Waals surface area (Å²) in [6.07, 6.45) is 7.51. The first kappa shape index (κ1) is 18.3. The van der Waals surface area contributed by atoms with Gasteiger partial charge in [-0.15, -0.1) is 12.4 Å². The van der Waals surface area contributed by atoms with Gasteiger partial charge in [0.1, 0.15) is 0 Å². The number of carbonyl (C=O) groups is 1. The number of benzene rings is 1. The Hall–Kier alpha value is -1.06. The number of hydrogen-bond acceptors (Lipinski definition) is 2. The van der Waals surface area contributed by atoms with Crippen molar-refractivity contribution in [1.29, 1.82) is 0 Å². The maximum Gasteiger partial charge on any atom is 0.242 e. The van der Waals surface area contributed by atoms with Gasteiger partial charge in [-0.2, -0.15) is 0 Å². The van der Waals surface area contributed by atoms with Crippen molar-refractivity contribution in [1.82, 2.24) is 4.90 Å². The predicted molar refractivity (Wildman–Crippen MR) is 96.8 cm³/mol. The van der Waals surface area contributed by atoms with Gasteiger partial charge in [0.05, 0.1) is 5.54 Å². The average Bonchev–Trinajstić information content (AvgIpc) is 2.52. The van der Waals surface area contributed by atoms with Crippen LogP contribution in [-0.2, 0) is 11.2 Å². The number of hydrogen-bond donors (Lipinski definition) is 1. The lowest BCUT2D eigenvalue weighted by Crippen LogP contribution is -2.60. The van der Waals surface area contributed by atoms with Crippen molar-refractivity contribution in [3.8, 4) is 0 Å². The number of halogens is 1. The van der Waals surface area contributed by atoms with Gasteiger partial charge in [0, 0.05) is 13.1 Å². The van der Waals surface area contributed by atoms with Crippen LogP contribution in [0.2, 0.25) is 0 Å². The molecule has 1 heterocycles. The van der Waals surface area contributed by atoms with Gasteiger partial charge in [0.15, 0.2) is 0 Å². The quantitative estimate of drug-likeness (QED) is 0.915. The maximum absolute atomic E-state index is 12.4. The van der Waals surface area contributed by atoms with Gasteiger partial charge >= 0.3 is 0 Å². The Morgan fingerprint density at radius 1 is 1.22 bits per heavy atom. The average molecular weight is 337 g/mol. The second-order valence-electron chi connectivity index (χ2n) is 7.27. The van der Waals surface area contributed by atoms with E-state index in [0.29, 0.717) is 0 Å². The van der Waals surface area contributed by atoms with Crippen molar-refractivity contribution in [3.63, 3.8) is 0 Å². The minimum Gasteiger partial charge on any atom is -0.341 e. The zero-order chi connectivity index (χ0) is 15.6. The molecular weight excluding hydrogens is 308 g/mol. The molecule has 1 saturated carbocycles. The Labute approximate surface area is 146 Å². The number of amides is 1. The first-order valence-electron chi connectivity index (χ1n) is 8.71. The van der Waals surface area contributed by atoms with Gasteiger partial charge in [-0.05, 0) is 63.4 Å². The molecule has 2 N–H and O–H groups in total. The molecule has 23 heavy (non-hydrogen) atoms. The van der Waals surface area contributed by atoms with Crippen molar-refractivity contribution in [2.45, 2.75) is 57.4 Å². The summed E-state index contributed by atoms with van der Waals surface area (Å²) in [5.41, 5.74) is 8.40. The van der Waals surface area contributed by atoms with Gasteiger partial charge in [-0.1, -0.05) is 29.8 Å². The topological polar surface area (TPSA) is 46.3 Å². The number of nitrogens with two attached hydrogens (primary N) is 1. The lowest BCUT2D eigenvalue weighted by atomic mass is 9.76. The van der Waals surface area contributed by atoms with Crippen LogP contribution in [0.25, 0.3) is 0 Å². The van der Waals surface area contributed by atoms with E-state index in [-0.39, 0.29) is 18.3 Å². The maximum atomic E-state index is 12.4. The molecule has 4 heteroatoms. The van der Waals surface area contributed by atoms with Crippen molar-refractivity contribution >= 4 is 18.3 Å². The van der Waals surface area contributed by atoms with Gasteiger partial charge in [-0.3, -0.25) is 4.79 Å². The van der Waals surface area contributed by atoms with Crippen LogP contribution in [0.4, 0.5) is 0 Å². The molecule has 0 atom stereocenters. The number of nitrogens with zero attached hydrogens (tertiary/aromatic N) is 1. The van der Waals surface area contributed by atoms with Crippen molar-refractivity contribution < 1.29 is 4.79 Å². The molecule has 1 aliphatic carbocycles. The van der Waals surface area contributed by atoms with E-state index in [4.69, 9.17) is 5.73 Å². The molecule has 0 unspecified atom stereocenters. The summed E-state index contributed by atoms with van der Waals surface area (Å²) in [7, 11) is 0. The van der Waals surface area contributed by atoms with E-state index in [1.54, 1.807) is 0 Å². The van der Waals surface area contributed by atoms with Crippen molar-refractivity contribution in [2.24, 2.45) is 11.7 Å². The summed E-state index contributed by atoms with van der Waals surface area (Å²) in [5, 5.41) is 0. The highest BCUT2D eigenvalue weighted by Gasteiger charge is 2.43. The highest BCUT2D eigenvalue weighted by atomic mass is 35.5. The Morgan fingerprint density at radius 3 is 2.35 bits per heavy atom. The number of likely N-dealkylation sites (tertiary alicyclic amines) is 1. The Bertz CT molecular complexity index is 517. The normalized spacial score (nSPS) is 20.5.